The average molecular weight is 331 g/mol. The molecule has 3 fully saturated rings. The molecule has 0 aromatic carbocycles. The van der Waals surface area contributed by atoms with Crippen LogP contribution in [0, 0.1) is 10.8 Å². The lowest BCUT2D eigenvalue weighted by Gasteiger charge is -2.33. The summed E-state index contributed by atoms with van der Waals surface area (Å²) < 4.78 is 1.99. The fraction of sp³-hybridized carbons (Fsp3) is 0.778. The van der Waals surface area contributed by atoms with Crippen LogP contribution in [-0.4, -0.2) is 59.9 Å². The molecule has 1 amide bonds. The van der Waals surface area contributed by atoms with Crippen LogP contribution >= 0.6 is 0 Å². The largest absolute Gasteiger partial charge is 0.354 e. The molecule has 1 aliphatic carbocycles. The molecule has 6 nitrogen and oxygen atoms in total. The van der Waals surface area contributed by atoms with Crippen LogP contribution in [0.1, 0.15) is 32.1 Å². The van der Waals surface area contributed by atoms with Crippen LogP contribution in [0.15, 0.2) is 18.5 Å². The number of likely N-dealkylation sites (tertiary alicyclic amines) is 1. The van der Waals surface area contributed by atoms with Crippen molar-refractivity contribution in [3.63, 3.8) is 0 Å². The highest BCUT2D eigenvalue weighted by molar-refractivity contribution is 5.82. The van der Waals surface area contributed by atoms with Gasteiger partial charge in [0.1, 0.15) is 0 Å². The van der Waals surface area contributed by atoms with Crippen molar-refractivity contribution in [2.45, 2.75) is 44.7 Å². The van der Waals surface area contributed by atoms with Crippen LogP contribution in [-0.2, 0) is 11.3 Å². The molecular formula is C18H29N5O. The van der Waals surface area contributed by atoms with Gasteiger partial charge in [-0.05, 0) is 63.7 Å². The molecule has 1 atom stereocenters. The van der Waals surface area contributed by atoms with Crippen LogP contribution < -0.4 is 10.6 Å². The molecule has 1 spiro atoms. The van der Waals surface area contributed by atoms with E-state index in [9.17, 15) is 4.79 Å². The molecule has 132 valence electrons. The van der Waals surface area contributed by atoms with E-state index in [-0.39, 0.29) is 17.4 Å². The van der Waals surface area contributed by atoms with Crippen molar-refractivity contribution < 1.29 is 4.79 Å². The number of hydrogen-bond acceptors (Lipinski definition) is 4. The number of amides is 1. The first kappa shape index (κ1) is 16.1. The Hall–Kier alpha value is -1.40. The normalized spacial score (nSPS) is 28.1. The third kappa shape index (κ3) is 3.22. The van der Waals surface area contributed by atoms with Crippen LogP contribution in [0.25, 0.3) is 0 Å². The van der Waals surface area contributed by atoms with Crippen molar-refractivity contribution >= 4 is 5.91 Å². The summed E-state index contributed by atoms with van der Waals surface area (Å²) in [5, 5.41) is 11.0. The number of nitrogens with zero attached hydrogens (tertiary/aromatic N) is 3. The van der Waals surface area contributed by atoms with Crippen molar-refractivity contribution in [1.82, 2.24) is 25.3 Å². The van der Waals surface area contributed by atoms with Crippen LogP contribution in [0.3, 0.4) is 0 Å². The molecular weight excluding hydrogens is 302 g/mol. The quantitative estimate of drug-likeness (QED) is 0.840. The van der Waals surface area contributed by atoms with Gasteiger partial charge in [-0.25, -0.2) is 0 Å². The smallest absolute Gasteiger partial charge is 0.237 e. The first-order chi connectivity index (χ1) is 11.6. The molecule has 4 rings (SSSR count). The van der Waals surface area contributed by atoms with Gasteiger partial charge in [0.25, 0.3) is 0 Å². The number of piperidine rings is 1. The Kier molecular flexibility index (Phi) is 4.12. The Labute approximate surface area is 144 Å². The topological polar surface area (TPSA) is 62.2 Å². The Morgan fingerprint density at radius 3 is 2.79 bits per heavy atom. The maximum Gasteiger partial charge on any atom is 0.237 e. The Balaban J connectivity index is 1.31. The van der Waals surface area contributed by atoms with Crippen molar-refractivity contribution in [3.05, 3.63) is 18.5 Å². The SMILES string of the molecule is CN1CC2(CCNCC2)C[C@H]1C(=O)NCC1(Cn2cccn2)CC1. The lowest BCUT2D eigenvalue weighted by molar-refractivity contribution is -0.125. The van der Waals surface area contributed by atoms with E-state index < -0.39 is 0 Å². The molecule has 2 aliphatic heterocycles. The molecule has 0 unspecified atom stereocenters. The highest BCUT2D eigenvalue weighted by Gasteiger charge is 2.47. The second-order valence-corrected chi connectivity index (χ2v) is 8.31. The van der Waals surface area contributed by atoms with Gasteiger partial charge in [0.2, 0.25) is 5.91 Å². The van der Waals surface area contributed by atoms with E-state index in [0.717, 1.165) is 39.1 Å². The van der Waals surface area contributed by atoms with Gasteiger partial charge >= 0.3 is 0 Å². The number of aromatic nitrogens is 2. The maximum atomic E-state index is 12.8. The fourth-order valence-corrected chi connectivity index (χ4v) is 4.58. The van der Waals surface area contributed by atoms with Gasteiger partial charge in [-0.2, -0.15) is 5.10 Å². The zero-order chi connectivity index (χ0) is 16.6. The summed E-state index contributed by atoms with van der Waals surface area (Å²) in [6.45, 7) is 4.94. The van der Waals surface area contributed by atoms with Crippen molar-refractivity contribution in [2.75, 3.05) is 33.2 Å². The van der Waals surface area contributed by atoms with E-state index in [1.807, 2.05) is 23.1 Å². The summed E-state index contributed by atoms with van der Waals surface area (Å²) in [6.07, 6.45) is 9.61. The van der Waals surface area contributed by atoms with Gasteiger partial charge in [-0.3, -0.25) is 14.4 Å². The monoisotopic (exact) mass is 331 g/mol. The number of carbonyl (C=O) groups excluding carboxylic acids is 1. The lowest BCUT2D eigenvalue weighted by atomic mass is 9.77. The van der Waals surface area contributed by atoms with Gasteiger partial charge in [0.15, 0.2) is 0 Å². The summed E-state index contributed by atoms with van der Waals surface area (Å²) in [5.41, 5.74) is 0.583. The summed E-state index contributed by atoms with van der Waals surface area (Å²) in [6, 6.07) is 2.00. The Morgan fingerprint density at radius 2 is 2.12 bits per heavy atom. The molecule has 0 radical (unpaired) electrons. The standard InChI is InChI=1S/C18H29N5O/c1-22-13-17(5-8-19-9-6-17)11-15(22)16(24)20-12-18(3-4-18)14-23-10-2-7-21-23/h2,7,10,15,19H,3-6,8-9,11-14H2,1H3,(H,20,24)/t15-/m0/s1. The molecule has 3 aliphatic rings. The minimum Gasteiger partial charge on any atom is -0.354 e. The Bertz CT molecular complexity index is 574. The van der Waals surface area contributed by atoms with E-state index in [2.05, 4.69) is 27.7 Å². The van der Waals surface area contributed by atoms with Crippen LogP contribution in [0.4, 0.5) is 0 Å². The highest BCUT2D eigenvalue weighted by Crippen LogP contribution is 2.46. The van der Waals surface area contributed by atoms with Crippen LogP contribution in [0.5, 0.6) is 0 Å². The number of hydrogen-bond donors (Lipinski definition) is 2. The molecule has 1 saturated carbocycles. The number of carbonyl (C=O) groups is 1. The molecule has 1 aromatic heterocycles. The van der Waals surface area contributed by atoms with Gasteiger partial charge in [-0.1, -0.05) is 0 Å². The second-order valence-electron chi connectivity index (χ2n) is 8.31. The van der Waals surface area contributed by atoms with Gasteiger partial charge in [0, 0.05) is 37.4 Å². The predicted molar refractivity (Wildman–Crippen MR) is 92.5 cm³/mol. The molecule has 3 heterocycles. The summed E-state index contributed by atoms with van der Waals surface area (Å²) >= 11 is 0. The average Bonchev–Trinajstić information content (AvgIpc) is 2.99. The predicted octanol–water partition coefficient (Wildman–Crippen LogP) is 0.853. The minimum absolute atomic E-state index is 0.0450. The van der Waals surface area contributed by atoms with E-state index in [1.165, 1.54) is 25.7 Å². The molecule has 2 saturated heterocycles. The van der Waals surface area contributed by atoms with E-state index >= 15 is 0 Å². The number of likely N-dealkylation sites (N-methyl/N-ethyl adjacent to an activating group) is 1. The number of rotatable bonds is 5. The highest BCUT2D eigenvalue weighted by atomic mass is 16.2. The summed E-state index contributed by atoms with van der Waals surface area (Å²) in [4.78, 5) is 15.0. The minimum atomic E-state index is 0.0450. The van der Waals surface area contributed by atoms with Gasteiger partial charge in [-0.15, -0.1) is 0 Å². The van der Waals surface area contributed by atoms with Crippen molar-refractivity contribution in [2.24, 2.45) is 10.8 Å². The first-order valence-electron chi connectivity index (χ1n) is 9.26. The second kappa shape index (κ2) is 6.15. The third-order valence-electron chi connectivity index (χ3n) is 6.36. The zero-order valence-corrected chi connectivity index (χ0v) is 14.6. The molecule has 1 aromatic rings. The summed E-state index contributed by atoms with van der Waals surface area (Å²) in [7, 11) is 2.11. The van der Waals surface area contributed by atoms with Crippen molar-refractivity contribution in [3.8, 4) is 0 Å². The van der Waals surface area contributed by atoms with Crippen LogP contribution in [0.2, 0.25) is 0 Å². The van der Waals surface area contributed by atoms with E-state index in [1.54, 1.807) is 0 Å². The lowest BCUT2D eigenvalue weighted by Crippen LogP contribution is -2.43. The first-order valence-corrected chi connectivity index (χ1v) is 9.26. The summed E-state index contributed by atoms with van der Waals surface area (Å²) in [5.74, 6) is 0.222. The van der Waals surface area contributed by atoms with Gasteiger partial charge in [0.05, 0.1) is 6.04 Å². The maximum absolute atomic E-state index is 12.8. The molecule has 24 heavy (non-hydrogen) atoms. The molecule has 2 N–H and O–H groups in total. The zero-order valence-electron chi connectivity index (χ0n) is 14.6. The molecule has 6 heteroatoms. The Morgan fingerprint density at radius 1 is 1.33 bits per heavy atom. The van der Waals surface area contributed by atoms with E-state index in [4.69, 9.17) is 0 Å². The fourth-order valence-electron chi connectivity index (χ4n) is 4.58. The third-order valence-corrected chi connectivity index (χ3v) is 6.36. The van der Waals surface area contributed by atoms with E-state index in [0.29, 0.717) is 5.41 Å². The van der Waals surface area contributed by atoms with Gasteiger partial charge < -0.3 is 10.6 Å². The molecule has 0 bridgehead atoms. The number of nitrogens with one attached hydrogen (secondary N) is 2. The van der Waals surface area contributed by atoms with Crippen molar-refractivity contribution in [1.29, 1.82) is 0 Å².